The van der Waals surface area contributed by atoms with Crippen LogP contribution in [0.5, 0.6) is 5.75 Å². The number of halogens is 1. The highest BCUT2D eigenvalue weighted by molar-refractivity contribution is 7.85. The van der Waals surface area contributed by atoms with Gasteiger partial charge in [-0.25, -0.2) is 13.2 Å². The van der Waals surface area contributed by atoms with Crippen molar-refractivity contribution >= 4 is 16.1 Å². The Morgan fingerprint density at radius 1 is 0.972 bits per heavy atom. The molecule has 36 heavy (non-hydrogen) atoms. The Morgan fingerprint density at radius 3 is 2.14 bits per heavy atom. The maximum Gasteiger partial charge on any atom is 0.358 e. The maximum absolute atomic E-state index is 12.0. The number of carbonyl (C=O) groups excluding carboxylic acids is 1. The van der Waals surface area contributed by atoms with Crippen molar-refractivity contribution in [2.45, 2.75) is 32.1 Å². The highest BCUT2D eigenvalue weighted by atomic mass is 127. The second-order valence-electron chi connectivity index (χ2n) is 7.77. The van der Waals surface area contributed by atoms with Crippen LogP contribution in [-0.2, 0) is 16.5 Å². The zero-order valence-corrected chi connectivity index (χ0v) is 24.0. The molecule has 7 nitrogen and oxygen atoms in total. The number of methoxy groups -OCH3 is 1. The van der Waals surface area contributed by atoms with Gasteiger partial charge in [0.05, 0.1) is 12.0 Å². The van der Waals surface area contributed by atoms with Gasteiger partial charge in [0, 0.05) is 25.2 Å². The summed E-state index contributed by atoms with van der Waals surface area (Å²) in [5, 5.41) is 3.02. The molecule has 9 heteroatoms. The number of amides is 2. The highest BCUT2D eigenvalue weighted by Gasteiger charge is 2.19. The van der Waals surface area contributed by atoms with Gasteiger partial charge >= 0.3 is 27.2 Å². The van der Waals surface area contributed by atoms with Crippen molar-refractivity contribution in [1.29, 1.82) is 0 Å². The number of hydrogen-bond donors (Lipinski definition) is 1. The number of rotatable bonds is 9. The molecule has 0 spiro atoms. The Labute approximate surface area is 224 Å². The van der Waals surface area contributed by atoms with Gasteiger partial charge in [-0.2, -0.15) is 0 Å². The van der Waals surface area contributed by atoms with Crippen molar-refractivity contribution in [3.8, 4) is 5.75 Å². The van der Waals surface area contributed by atoms with Gasteiger partial charge < -0.3 is 19.5 Å². The van der Waals surface area contributed by atoms with Gasteiger partial charge in [0.15, 0.2) is 7.14 Å². The van der Waals surface area contributed by atoms with Gasteiger partial charge in [-0.1, -0.05) is 35.9 Å². The molecule has 0 saturated heterocycles. The first-order valence-electron chi connectivity index (χ1n) is 11.6. The lowest BCUT2D eigenvalue weighted by molar-refractivity contribution is -0.598. The summed E-state index contributed by atoms with van der Waals surface area (Å²) < 4.78 is 39.2. The molecule has 0 radical (unpaired) electrons. The number of benzene rings is 3. The fourth-order valence-corrected chi connectivity index (χ4v) is 6.22. The van der Waals surface area contributed by atoms with E-state index in [0.717, 1.165) is 30.8 Å². The molecular formula is C27H33IN2O5S. The van der Waals surface area contributed by atoms with E-state index in [1.54, 1.807) is 24.1 Å². The van der Waals surface area contributed by atoms with Crippen LogP contribution in [0.1, 0.15) is 25.0 Å². The lowest BCUT2D eigenvalue weighted by Crippen LogP contribution is -3.61. The van der Waals surface area contributed by atoms with Crippen LogP contribution in [0.3, 0.4) is 0 Å². The largest absolute Gasteiger partial charge is 0.744 e. The van der Waals surface area contributed by atoms with E-state index in [4.69, 9.17) is 4.74 Å². The maximum atomic E-state index is 12.0. The van der Waals surface area contributed by atoms with Gasteiger partial charge in [-0.3, -0.25) is 0 Å². The van der Waals surface area contributed by atoms with Gasteiger partial charge in [0.2, 0.25) is 0 Å². The number of carbonyl (C=O) groups is 1. The second kappa shape index (κ2) is 14.8. The van der Waals surface area contributed by atoms with Crippen molar-refractivity contribution in [3.05, 3.63) is 91.1 Å². The number of hydrogen-bond acceptors (Lipinski definition) is 5. The molecule has 0 fully saturated rings. The minimum atomic E-state index is -4.27. The number of ether oxygens (including phenoxy) is 1. The molecule has 0 bridgehead atoms. The predicted octanol–water partition coefficient (Wildman–Crippen LogP) is 1.32. The summed E-state index contributed by atoms with van der Waals surface area (Å²) in [5.74, 6) is 0.889. The standard InChI is InChI=1S/C20H25IN2O2.C7H8O3S/c1-4-23(5-2)20(24)22-15-14-16-8-6-7-9-19(16)21-17-10-12-18(25-3)13-11-17;1-6-2-4-7(5-3-6)11(8,9)10/h6-13H,4-5,14-15H2,1-3H3;2-5H,1H3,(H,8,9,10). The molecule has 3 aromatic carbocycles. The van der Waals surface area contributed by atoms with E-state index in [-0.39, 0.29) is 32.1 Å². The normalized spacial score (nSPS) is 10.7. The van der Waals surface area contributed by atoms with Crippen LogP contribution in [-0.4, -0.2) is 50.6 Å². The molecule has 0 aliphatic rings. The first-order chi connectivity index (χ1) is 17.2. The Balaban J connectivity index is 0.000000346. The summed E-state index contributed by atoms with van der Waals surface area (Å²) in [7, 11) is -2.58. The molecule has 0 aliphatic heterocycles. The molecular weight excluding hydrogens is 591 g/mol. The number of urea groups is 1. The molecule has 194 valence electrons. The van der Waals surface area contributed by atoms with Crippen LogP contribution in [0.2, 0.25) is 0 Å². The van der Waals surface area contributed by atoms with E-state index in [9.17, 15) is 17.8 Å². The van der Waals surface area contributed by atoms with E-state index < -0.39 is 10.1 Å². The molecule has 0 atom stereocenters. The van der Waals surface area contributed by atoms with Gasteiger partial charge in [-0.15, -0.1) is 0 Å². The van der Waals surface area contributed by atoms with Gasteiger partial charge in [-0.05, 0) is 69.7 Å². The average Bonchev–Trinajstić information content (AvgIpc) is 2.86. The smallest absolute Gasteiger partial charge is 0.358 e. The SMILES string of the molecule is CCN(CC)C(=O)NCCc1ccccc1[I+]c1ccc(OC)cc1.Cc1ccc(S(=O)(=O)[O-])cc1. The molecule has 0 aliphatic carbocycles. The predicted molar refractivity (Wildman–Crippen MR) is 136 cm³/mol. The lowest BCUT2D eigenvalue weighted by Gasteiger charge is -2.19. The lowest BCUT2D eigenvalue weighted by atomic mass is 10.1. The van der Waals surface area contributed by atoms with Gasteiger partial charge in [0.1, 0.15) is 15.9 Å². The van der Waals surface area contributed by atoms with E-state index >= 15 is 0 Å². The number of nitrogens with one attached hydrogen (secondary N) is 1. The van der Waals surface area contributed by atoms with Crippen molar-refractivity contribution in [2.75, 3.05) is 26.7 Å². The third kappa shape index (κ3) is 9.79. The Kier molecular flexibility index (Phi) is 12.2. The summed E-state index contributed by atoms with van der Waals surface area (Å²) in [4.78, 5) is 13.7. The first kappa shape index (κ1) is 29.6. The van der Waals surface area contributed by atoms with Crippen LogP contribution >= 0.6 is 0 Å². The fourth-order valence-electron chi connectivity index (χ4n) is 3.18. The third-order valence-corrected chi connectivity index (χ3v) is 9.07. The molecule has 3 aromatic rings. The van der Waals surface area contributed by atoms with Crippen molar-refractivity contribution in [1.82, 2.24) is 10.2 Å². The van der Waals surface area contributed by atoms with Crippen molar-refractivity contribution in [3.63, 3.8) is 0 Å². The van der Waals surface area contributed by atoms with Crippen molar-refractivity contribution < 1.29 is 43.7 Å². The molecule has 0 heterocycles. The number of aryl methyl sites for hydroxylation is 1. The molecule has 1 N–H and O–H groups in total. The second-order valence-corrected chi connectivity index (χ2v) is 12.1. The average molecular weight is 625 g/mol. The molecule has 2 amide bonds. The summed E-state index contributed by atoms with van der Waals surface area (Å²) in [6, 6.07) is 22.7. The van der Waals surface area contributed by atoms with Crippen LogP contribution in [0, 0.1) is 14.1 Å². The van der Waals surface area contributed by atoms with E-state index in [1.165, 1.54) is 24.8 Å². The fraction of sp³-hybridized carbons (Fsp3) is 0.296. The monoisotopic (exact) mass is 624 g/mol. The van der Waals surface area contributed by atoms with Crippen molar-refractivity contribution in [2.24, 2.45) is 0 Å². The van der Waals surface area contributed by atoms with Crippen LogP contribution in [0.15, 0.2) is 77.7 Å². The minimum Gasteiger partial charge on any atom is -0.744 e. The van der Waals surface area contributed by atoms with Crippen LogP contribution in [0.25, 0.3) is 0 Å². The molecule has 0 aromatic heterocycles. The van der Waals surface area contributed by atoms with E-state index in [1.807, 2.05) is 32.9 Å². The van der Waals surface area contributed by atoms with E-state index in [0.29, 0.717) is 6.54 Å². The number of nitrogens with zero attached hydrogens (tertiary/aromatic N) is 1. The Morgan fingerprint density at radius 2 is 1.58 bits per heavy atom. The van der Waals surface area contributed by atoms with E-state index in [2.05, 4.69) is 41.7 Å². The first-order valence-corrected chi connectivity index (χ1v) is 15.2. The zero-order valence-electron chi connectivity index (χ0n) is 21.0. The Bertz CT molecular complexity index is 1200. The summed E-state index contributed by atoms with van der Waals surface area (Å²) in [5.41, 5.74) is 2.25. The molecule has 3 rings (SSSR count). The topological polar surface area (TPSA) is 98.8 Å². The quantitative estimate of drug-likeness (QED) is 0.286. The highest BCUT2D eigenvalue weighted by Crippen LogP contribution is 2.08. The Hall–Kier alpha value is -2.63. The summed E-state index contributed by atoms with van der Waals surface area (Å²) in [6.45, 7) is 7.96. The van der Waals surface area contributed by atoms with Crippen LogP contribution < -0.4 is 31.3 Å². The minimum absolute atomic E-state index is 0.0207. The molecule has 0 unspecified atom stereocenters. The molecule has 0 saturated carbocycles. The summed E-state index contributed by atoms with van der Waals surface area (Å²) in [6.07, 6.45) is 0.860. The third-order valence-electron chi connectivity index (χ3n) is 5.25. The van der Waals surface area contributed by atoms with Gasteiger partial charge in [0.25, 0.3) is 0 Å². The zero-order chi connectivity index (χ0) is 26.6. The summed E-state index contributed by atoms with van der Waals surface area (Å²) >= 11 is -0.243. The van der Waals surface area contributed by atoms with Crippen LogP contribution in [0.4, 0.5) is 4.79 Å².